The van der Waals surface area contributed by atoms with Gasteiger partial charge in [0, 0.05) is 13.5 Å². The Hall–Kier alpha value is -1.89. The van der Waals surface area contributed by atoms with Crippen molar-refractivity contribution < 1.29 is 14.3 Å². The largest absolute Gasteiger partial charge is 0.457 e. The summed E-state index contributed by atoms with van der Waals surface area (Å²) in [5.74, 6) is -0.855. The average molecular weight is 315 g/mol. The molecule has 0 unspecified atom stereocenters. The molecular formula is C13H19ClN4O3. The van der Waals surface area contributed by atoms with E-state index in [0.29, 0.717) is 6.54 Å². The minimum Gasteiger partial charge on any atom is -0.457 e. The third kappa shape index (κ3) is 5.55. The molecule has 0 aliphatic heterocycles. The number of carbonyl (C=O) groups is 2. The van der Waals surface area contributed by atoms with Crippen LogP contribution in [-0.4, -0.2) is 34.9 Å². The van der Waals surface area contributed by atoms with Crippen molar-refractivity contribution in [2.75, 3.05) is 24.2 Å². The summed E-state index contributed by atoms with van der Waals surface area (Å²) in [6.07, 6.45) is 0. The van der Waals surface area contributed by atoms with Crippen molar-refractivity contribution >= 4 is 35.1 Å². The number of ketones is 1. The number of nitrogens with one attached hydrogen (secondary N) is 1. The number of nitrogen functional groups attached to an aromatic ring is 1. The van der Waals surface area contributed by atoms with Crippen LogP contribution in [0.15, 0.2) is 0 Å². The Kier molecular flexibility index (Phi) is 5.48. The van der Waals surface area contributed by atoms with Gasteiger partial charge in [-0.3, -0.25) is 9.59 Å². The number of nitrogens with zero attached hydrogens (tertiary/aromatic N) is 2. The molecular weight excluding hydrogens is 296 g/mol. The van der Waals surface area contributed by atoms with Gasteiger partial charge in [0.05, 0.1) is 0 Å². The van der Waals surface area contributed by atoms with Crippen LogP contribution in [0.4, 0.5) is 11.8 Å². The number of halogens is 1. The first kappa shape index (κ1) is 17.2. The van der Waals surface area contributed by atoms with E-state index in [9.17, 15) is 9.59 Å². The molecule has 1 heterocycles. The zero-order chi connectivity index (χ0) is 16.2. The zero-order valence-electron chi connectivity index (χ0n) is 12.5. The summed E-state index contributed by atoms with van der Waals surface area (Å²) in [4.78, 5) is 30.6. The molecule has 0 saturated carbocycles. The number of ether oxygens (including phenoxy) is 1. The molecule has 3 N–H and O–H groups in total. The van der Waals surface area contributed by atoms with E-state index in [0.717, 1.165) is 0 Å². The summed E-state index contributed by atoms with van der Waals surface area (Å²) >= 11 is 5.96. The first-order chi connectivity index (χ1) is 9.60. The fourth-order valence-electron chi connectivity index (χ4n) is 1.41. The van der Waals surface area contributed by atoms with E-state index in [1.807, 2.05) is 20.8 Å². The lowest BCUT2D eigenvalue weighted by molar-refractivity contribution is -0.139. The molecule has 0 fully saturated rings. The Labute approximate surface area is 128 Å². The second-order valence-corrected chi connectivity index (χ2v) is 6.07. The molecule has 0 spiro atoms. The first-order valence-electron chi connectivity index (χ1n) is 6.33. The Morgan fingerprint density at radius 3 is 2.48 bits per heavy atom. The number of nitrogens with two attached hydrogens (primary N) is 1. The highest BCUT2D eigenvalue weighted by Crippen LogP contribution is 2.24. The summed E-state index contributed by atoms with van der Waals surface area (Å²) in [6, 6.07) is 0. The number of aromatic nitrogens is 2. The number of esters is 1. The molecule has 1 aromatic rings. The fourth-order valence-corrected chi connectivity index (χ4v) is 1.69. The van der Waals surface area contributed by atoms with E-state index >= 15 is 0 Å². The number of anilines is 2. The Bertz CT molecular complexity index is 555. The summed E-state index contributed by atoms with van der Waals surface area (Å²) in [5.41, 5.74) is 5.57. The van der Waals surface area contributed by atoms with Gasteiger partial charge in [0.15, 0.2) is 6.61 Å². The lowest BCUT2D eigenvalue weighted by Crippen LogP contribution is -2.23. The maximum atomic E-state index is 12.1. The lowest BCUT2D eigenvalue weighted by Gasteiger charge is -2.20. The van der Waals surface area contributed by atoms with E-state index in [-0.39, 0.29) is 27.9 Å². The molecule has 0 bridgehead atoms. The van der Waals surface area contributed by atoms with Gasteiger partial charge in [-0.2, -0.15) is 4.98 Å². The van der Waals surface area contributed by atoms with Gasteiger partial charge in [-0.15, -0.1) is 0 Å². The second-order valence-electron chi connectivity index (χ2n) is 5.71. The van der Waals surface area contributed by atoms with Crippen LogP contribution in [0.5, 0.6) is 0 Å². The molecule has 0 aromatic carbocycles. The van der Waals surface area contributed by atoms with Crippen molar-refractivity contribution in [2.45, 2.75) is 27.7 Å². The van der Waals surface area contributed by atoms with Crippen LogP contribution in [0.2, 0.25) is 5.15 Å². The molecule has 1 rings (SSSR count). The lowest BCUT2D eigenvalue weighted by atomic mass is 9.97. The smallest absolute Gasteiger partial charge is 0.303 e. The molecule has 0 saturated heterocycles. The van der Waals surface area contributed by atoms with Crippen LogP contribution >= 0.6 is 11.6 Å². The quantitative estimate of drug-likeness (QED) is 0.485. The van der Waals surface area contributed by atoms with Gasteiger partial charge in [0.2, 0.25) is 11.7 Å². The number of Topliss-reactive ketones (excluding diaryl/α,β-unsaturated/α-hetero) is 1. The fraction of sp³-hybridized carbons (Fsp3) is 0.538. The normalized spacial score (nSPS) is 11.1. The molecule has 21 heavy (non-hydrogen) atoms. The minimum atomic E-state index is -0.556. The topological polar surface area (TPSA) is 107 Å². The predicted molar refractivity (Wildman–Crippen MR) is 80.4 cm³/mol. The van der Waals surface area contributed by atoms with Crippen molar-refractivity contribution in [1.29, 1.82) is 0 Å². The zero-order valence-corrected chi connectivity index (χ0v) is 13.2. The third-order valence-corrected chi connectivity index (χ3v) is 2.63. The number of hydrogen-bond donors (Lipinski definition) is 2. The number of hydrogen-bond acceptors (Lipinski definition) is 7. The van der Waals surface area contributed by atoms with Gasteiger partial charge in [-0.25, -0.2) is 4.98 Å². The summed E-state index contributed by atoms with van der Waals surface area (Å²) in [6.45, 7) is 7.40. The summed E-state index contributed by atoms with van der Waals surface area (Å²) in [5, 5.41) is 2.95. The SMILES string of the molecule is CC(=O)OCC(=O)c1c(Cl)nc(N)nc1NCC(C)(C)C. The third-order valence-electron chi connectivity index (χ3n) is 2.35. The van der Waals surface area contributed by atoms with E-state index in [1.165, 1.54) is 6.92 Å². The maximum absolute atomic E-state index is 12.1. The molecule has 1 aromatic heterocycles. The highest BCUT2D eigenvalue weighted by Gasteiger charge is 2.21. The van der Waals surface area contributed by atoms with Crippen molar-refractivity contribution in [2.24, 2.45) is 5.41 Å². The van der Waals surface area contributed by atoms with Crippen molar-refractivity contribution in [3.8, 4) is 0 Å². The predicted octanol–water partition coefficient (Wildman–Crippen LogP) is 1.92. The van der Waals surface area contributed by atoms with E-state index in [1.54, 1.807) is 0 Å². The molecule has 0 aliphatic carbocycles. The van der Waals surface area contributed by atoms with Crippen LogP contribution in [-0.2, 0) is 9.53 Å². The molecule has 116 valence electrons. The Morgan fingerprint density at radius 1 is 1.33 bits per heavy atom. The highest BCUT2D eigenvalue weighted by atomic mass is 35.5. The number of rotatable bonds is 5. The molecule has 7 nitrogen and oxygen atoms in total. The van der Waals surface area contributed by atoms with Gasteiger partial charge in [-0.1, -0.05) is 32.4 Å². The average Bonchev–Trinajstić information content (AvgIpc) is 2.31. The van der Waals surface area contributed by atoms with E-state index in [2.05, 4.69) is 20.0 Å². The molecule has 0 radical (unpaired) electrons. The molecule has 0 atom stereocenters. The van der Waals surface area contributed by atoms with Gasteiger partial charge < -0.3 is 15.8 Å². The van der Waals surface area contributed by atoms with Crippen molar-refractivity contribution in [3.05, 3.63) is 10.7 Å². The number of carbonyl (C=O) groups excluding carboxylic acids is 2. The van der Waals surface area contributed by atoms with Crippen LogP contribution < -0.4 is 11.1 Å². The minimum absolute atomic E-state index is 0.0393. The van der Waals surface area contributed by atoms with Crippen molar-refractivity contribution in [1.82, 2.24) is 9.97 Å². The molecule has 0 aliphatic rings. The van der Waals surface area contributed by atoms with Gasteiger partial charge in [0.1, 0.15) is 16.5 Å². The van der Waals surface area contributed by atoms with Crippen LogP contribution in [0.3, 0.4) is 0 Å². The highest BCUT2D eigenvalue weighted by molar-refractivity contribution is 6.33. The second kappa shape index (κ2) is 6.71. The standard InChI is InChI=1S/C13H19ClN4O3/c1-7(19)21-5-8(20)9-10(14)17-12(15)18-11(9)16-6-13(2,3)4/h5-6H2,1-4H3,(H3,15,16,17,18). The van der Waals surface area contributed by atoms with E-state index in [4.69, 9.17) is 17.3 Å². The van der Waals surface area contributed by atoms with Crippen LogP contribution in [0, 0.1) is 5.41 Å². The van der Waals surface area contributed by atoms with E-state index < -0.39 is 18.4 Å². The molecule has 8 heteroatoms. The van der Waals surface area contributed by atoms with Gasteiger partial charge in [0.25, 0.3) is 0 Å². The first-order valence-corrected chi connectivity index (χ1v) is 6.71. The monoisotopic (exact) mass is 314 g/mol. The Balaban J connectivity index is 3.05. The summed E-state index contributed by atoms with van der Waals surface area (Å²) < 4.78 is 4.68. The maximum Gasteiger partial charge on any atom is 0.303 e. The van der Waals surface area contributed by atoms with Crippen molar-refractivity contribution in [3.63, 3.8) is 0 Å². The van der Waals surface area contributed by atoms with Gasteiger partial charge in [-0.05, 0) is 5.41 Å². The van der Waals surface area contributed by atoms with Gasteiger partial charge >= 0.3 is 5.97 Å². The van der Waals surface area contributed by atoms with Crippen LogP contribution in [0.1, 0.15) is 38.1 Å². The molecule has 0 amide bonds. The summed E-state index contributed by atoms with van der Waals surface area (Å²) in [7, 11) is 0. The van der Waals surface area contributed by atoms with Crippen LogP contribution in [0.25, 0.3) is 0 Å². The Morgan fingerprint density at radius 2 is 1.95 bits per heavy atom.